The molecule has 1 aromatic rings. The molecule has 1 rings (SSSR count). The van der Waals surface area contributed by atoms with Crippen molar-refractivity contribution in [1.29, 1.82) is 0 Å². The molecule has 166 valence electrons. The Morgan fingerprint density at radius 2 is 1.43 bits per heavy atom. The van der Waals surface area contributed by atoms with Crippen molar-refractivity contribution in [2.24, 2.45) is 0 Å². The lowest BCUT2D eigenvalue weighted by Crippen LogP contribution is -2.52. The summed E-state index contributed by atoms with van der Waals surface area (Å²) in [6, 6.07) is 7.80. The SMILES string of the molecule is CC(C)(C)OC(=O)N(C(=O)OC(C)(C)C)[C@@H](C/C(Br)=C(/I)c1ccccc1)C(=O)O. The van der Waals surface area contributed by atoms with Gasteiger partial charge in [0, 0.05) is 14.5 Å². The summed E-state index contributed by atoms with van der Waals surface area (Å²) < 4.78 is 11.8. The van der Waals surface area contributed by atoms with Crippen molar-refractivity contribution in [3.63, 3.8) is 0 Å². The predicted molar refractivity (Wildman–Crippen MR) is 127 cm³/mol. The van der Waals surface area contributed by atoms with E-state index in [1.54, 1.807) is 41.5 Å². The minimum Gasteiger partial charge on any atom is -0.480 e. The van der Waals surface area contributed by atoms with E-state index in [2.05, 4.69) is 38.5 Å². The van der Waals surface area contributed by atoms with Crippen molar-refractivity contribution in [2.45, 2.75) is 65.2 Å². The van der Waals surface area contributed by atoms with E-state index in [0.29, 0.717) is 9.38 Å². The third-order valence-electron chi connectivity index (χ3n) is 3.42. The molecule has 0 aliphatic rings. The van der Waals surface area contributed by atoms with Gasteiger partial charge in [0.2, 0.25) is 0 Å². The Balaban J connectivity index is 3.34. The van der Waals surface area contributed by atoms with Crippen molar-refractivity contribution in [3.05, 3.63) is 40.4 Å². The van der Waals surface area contributed by atoms with Crippen molar-refractivity contribution in [2.75, 3.05) is 0 Å². The summed E-state index contributed by atoms with van der Waals surface area (Å²) in [6.45, 7) is 9.76. The molecule has 0 aliphatic carbocycles. The van der Waals surface area contributed by atoms with Crippen LogP contribution < -0.4 is 0 Å². The molecule has 7 nitrogen and oxygen atoms in total. The summed E-state index contributed by atoms with van der Waals surface area (Å²) in [4.78, 5) is 38.1. The number of rotatable bonds is 5. The maximum absolute atomic E-state index is 12.8. The van der Waals surface area contributed by atoms with E-state index in [-0.39, 0.29) is 6.42 Å². The van der Waals surface area contributed by atoms with Gasteiger partial charge in [0.05, 0.1) is 0 Å². The van der Waals surface area contributed by atoms with E-state index in [1.165, 1.54) is 0 Å². The monoisotopic (exact) mass is 595 g/mol. The molecule has 1 atom stereocenters. The smallest absolute Gasteiger partial charge is 0.420 e. The quantitative estimate of drug-likeness (QED) is 0.407. The van der Waals surface area contributed by atoms with E-state index in [0.717, 1.165) is 9.14 Å². The lowest BCUT2D eigenvalue weighted by atomic mass is 10.1. The molecule has 30 heavy (non-hydrogen) atoms. The Morgan fingerprint density at radius 1 is 1.00 bits per heavy atom. The third-order valence-corrected chi connectivity index (χ3v) is 6.15. The molecule has 0 bridgehead atoms. The van der Waals surface area contributed by atoms with Gasteiger partial charge in [-0.15, -0.1) is 0 Å². The minimum absolute atomic E-state index is 0.152. The molecule has 0 heterocycles. The first-order valence-corrected chi connectivity index (χ1v) is 11.1. The number of amides is 2. The lowest BCUT2D eigenvalue weighted by Gasteiger charge is -2.31. The number of imide groups is 1. The molecule has 1 aromatic carbocycles. The van der Waals surface area contributed by atoms with Gasteiger partial charge in [-0.05, 0) is 69.7 Å². The summed E-state index contributed by atoms with van der Waals surface area (Å²) in [5.41, 5.74) is -0.979. The molecular formula is C21H27BrINO6. The second-order valence-corrected chi connectivity index (χ2v) is 10.5. The third kappa shape index (κ3) is 8.63. The molecule has 0 saturated heterocycles. The highest BCUT2D eigenvalue weighted by Gasteiger charge is 2.40. The normalized spacial score (nSPS) is 13.7. The highest BCUT2D eigenvalue weighted by Crippen LogP contribution is 2.33. The largest absolute Gasteiger partial charge is 0.480 e. The average Bonchev–Trinajstić information content (AvgIpc) is 2.57. The molecule has 0 saturated carbocycles. The number of benzene rings is 1. The van der Waals surface area contributed by atoms with Crippen LogP contribution >= 0.6 is 38.5 Å². The van der Waals surface area contributed by atoms with Crippen LogP contribution in [0.2, 0.25) is 0 Å². The molecule has 0 aromatic heterocycles. The topological polar surface area (TPSA) is 93.1 Å². The van der Waals surface area contributed by atoms with Gasteiger partial charge in [0.1, 0.15) is 17.2 Å². The predicted octanol–water partition coefficient (Wildman–Crippen LogP) is 6.20. The molecule has 2 amide bonds. The van der Waals surface area contributed by atoms with Gasteiger partial charge in [-0.1, -0.05) is 46.3 Å². The Hall–Kier alpha value is -1.62. The highest BCUT2D eigenvalue weighted by molar-refractivity contribution is 14.1. The fourth-order valence-corrected chi connectivity index (χ4v) is 3.36. The zero-order chi connectivity index (χ0) is 23.3. The van der Waals surface area contributed by atoms with Crippen LogP contribution in [0.1, 0.15) is 53.5 Å². The van der Waals surface area contributed by atoms with Crippen molar-refractivity contribution < 1.29 is 29.0 Å². The average molecular weight is 596 g/mol. The standard InChI is InChI=1S/C21H27BrINO6/c1-20(2,3)29-18(27)24(19(28)30-21(4,5)6)15(17(25)26)12-14(22)16(23)13-10-8-7-9-11-13/h7-11,15H,12H2,1-6H3,(H,25,26)/b16-14-/t15-/m0/s1. The van der Waals surface area contributed by atoms with Crippen LogP contribution in [0.25, 0.3) is 3.58 Å². The molecular weight excluding hydrogens is 569 g/mol. The maximum atomic E-state index is 12.8. The number of nitrogens with zero attached hydrogens (tertiary/aromatic N) is 1. The first kappa shape index (κ1) is 26.4. The first-order valence-electron chi connectivity index (χ1n) is 9.20. The minimum atomic E-state index is -1.53. The van der Waals surface area contributed by atoms with E-state index in [9.17, 15) is 19.5 Å². The Kier molecular flexibility index (Phi) is 9.34. The summed E-state index contributed by atoms with van der Waals surface area (Å²) >= 11 is 5.50. The number of carboxylic acid groups (broad SMARTS) is 1. The zero-order valence-corrected chi connectivity index (χ0v) is 21.6. The molecule has 9 heteroatoms. The van der Waals surface area contributed by atoms with Crippen LogP contribution in [-0.2, 0) is 14.3 Å². The van der Waals surface area contributed by atoms with Crippen molar-refractivity contribution in [1.82, 2.24) is 4.90 Å². The van der Waals surface area contributed by atoms with Gasteiger partial charge >= 0.3 is 18.2 Å². The first-order chi connectivity index (χ1) is 13.6. The van der Waals surface area contributed by atoms with Crippen LogP contribution in [-0.4, -0.2) is 45.4 Å². The number of carbonyl (C=O) groups is 3. The van der Waals surface area contributed by atoms with Gasteiger partial charge in [-0.3, -0.25) is 0 Å². The summed E-state index contributed by atoms with van der Waals surface area (Å²) in [5.74, 6) is -1.36. The molecule has 0 aliphatic heterocycles. The summed E-state index contributed by atoms with van der Waals surface area (Å²) in [6.07, 6.45) is -2.32. The van der Waals surface area contributed by atoms with E-state index in [4.69, 9.17) is 9.47 Å². The second kappa shape index (κ2) is 10.6. The Bertz CT molecular complexity index is 783. The molecule has 0 fully saturated rings. The number of hydrogen-bond acceptors (Lipinski definition) is 5. The number of carbonyl (C=O) groups excluding carboxylic acids is 2. The van der Waals surface area contributed by atoms with Crippen molar-refractivity contribution in [3.8, 4) is 0 Å². The van der Waals surface area contributed by atoms with Crippen molar-refractivity contribution >= 4 is 60.3 Å². The highest BCUT2D eigenvalue weighted by atomic mass is 127. The van der Waals surface area contributed by atoms with Gasteiger partial charge < -0.3 is 14.6 Å². The van der Waals surface area contributed by atoms with E-state index < -0.39 is 35.4 Å². The maximum Gasteiger partial charge on any atom is 0.420 e. The Labute approximate surface area is 199 Å². The summed E-state index contributed by atoms with van der Waals surface area (Å²) in [7, 11) is 0. The second-order valence-electron chi connectivity index (χ2n) is 8.47. The van der Waals surface area contributed by atoms with E-state index >= 15 is 0 Å². The fourth-order valence-electron chi connectivity index (χ4n) is 2.24. The molecule has 0 unspecified atom stereocenters. The fraction of sp³-hybridized carbons (Fsp3) is 0.476. The van der Waals surface area contributed by atoms with Crippen LogP contribution in [0.5, 0.6) is 0 Å². The molecule has 0 radical (unpaired) electrons. The van der Waals surface area contributed by atoms with Crippen LogP contribution in [0.4, 0.5) is 9.59 Å². The van der Waals surface area contributed by atoms with Gasteiger partial charge in [0.25, 0.3) is 0 Å². The van der Waals surface area contributed by atoms with E-state index in [1.807, 2.05) is 30.3 Å². The van der Waals surface area contributed by atoms with Gasteiger partial charge in [-0.2, -0.15) is 4.90 Å². The number of hydrogen-bond donors (Lipinski definition) is 1. The van der Waals surface area contributed by atoms with Crippen LogP contribution in [0.3, 0.4) is 0 Å². The number of aliphatic carboxylic acids is 1. The number of carboxylic acids is 1. The summed E-state index contributed by atoms with van der Waals surface area (Å²) in [5, 5.41) is 9.84. The van der Waals surface area contributed by atoms with Crippen LogP contribution in [0, 0.1) is 0 Å². The number of ether oxygens (including phenoxy) is 2. The zero-order valence-electron chi connectivity index (χ0n) is 17.9. The Morgan fingerprint density at radius 3 is 1.80 bits per heavy atom. The molecule has 1 N–H and O–H groups in total. The van der Waals surface area contributed by atoms with Gasteiger partial charge in [0.15, 0.2) is 0 Å². The van der Waals surface area contributed by atoms with Crippen LogP contribution in [0.15, 0.2) is 34.8 Å². The molecule has 0 spiro atoms. The number of halogens is 2. The lowest BCUT2D eigenvalue weighted by molar-refractivity contribution is -0.142. The van der Waals surface area contributed by atoms with Gasteiger partial charge in [-0.25, -0.2) is 14.4 Å².